The van der Waals surface area contributed by atoms with E-state index in [4.69, 9.17) is 0 Å². The number of halogens is 3. The molecule has 7 heteroatoms. The van der Waals surface area contributed by atoms with Gasteiger partial charge in [-0.1, -0.05) is 0 Å². The average molecular weight is 246 g/mol. The summed E-state index contributed by atoms with van der Waals surface area (Å²) in [7, 11) is -3.14. The summed E-state index contributed by atoms with van der Waals surface area (Å²) in [5.74, 6) is -0.746. The van der Waals surface area contributed by atoms with Crippen LogP contribution in [0.1, 0.15) is 19.3 Å². The molecule has 0 aromatic carbocycles. The van der Waals surface area contributed by atoms with E-state index in [0.717, 1.165) is 0 Å². The van der Waals surface area contributed by atoms with Crippen molar-refractivity contribution < 1.29 is 26.7 Å². The van der Waals surface area contributed by atoms with E-state index in [1.54, 1.807) is 0 Å². The van der Waals surface area contributed by atoms with E-state index in [0.29, 0.717) is 0 Å². The van der Waals surface area contributed by atoms with Gasteiger partial charge in [0.1, 0.15) is 0 Å². The molecule has 1 saturated heterocycles. The standard InChI is InChI=1S/C8H13F3O3S/c9-8(10,11)3-1-7(12)6-2-4-15(13,14)5-6/h6-7,12H,1-5H2. The van der Waals surface area contributed by atoms with Crippen LogP contribution < -0.4 is 0 Å². The van der Waals surface area contributed by atoms with E-state index in [1.165, 1.54) is 0 Å². The highest BCUT2D eigenvalue weighted by atomic mass is 32.2. The number of hydrogen-bond acceptors (Lipinski definition) is 3. The van der Waals surface area contributed by atoms with Crippen molar-refractivity contribution in [2.75, 3.05) is 11.5 Å². The SMILES string of the molecule is O=S1(=O)CCC(C(O)CCC(F)(F)F)C1. The van der Waals surface area contributed by atoms with Gasteiger partial charge in [0, 0.05) is 6.42 Å². The van der Waals surface area contributed by atoms with Gasteiger partial charge in [-0.15, -0.1) is 0 Å². The van der Waals surface area contributed by atoms with Crippen LogP contribution in [0.3, 0.4) is 0 Å². The molecule has 1 heterocycles. The topological polar surface area (TPSA) is 54.4 Å². The number of rotatable bonds is 3. The second-order valence-electron chi connectivity index (χ2n) is 3.88. The van der Waals surface area contributed by atoms with Crippen molar-refractivity contribution in [2.24, 2.45) is 5.92 Å². The Balaban J connectivity index is 2.39. The summed E-state index contributed by atoms with van der Waals surface area (Å²) >= 11 is 0. The van der Waals surface area contributed by atoms with Gasteiger partial charge in [-0.3, -0.25) is 0 Å². The van der Waals surface area contributed by atoms with Crippen LogP contribution in [0, 0.1) is 5.92 Å². The molecule has 2 atom stereocenters. The largest absolute Gasteiger partial charge is 0.393 e. The van der Waals surface area contributed by atoms with Gasteiger partial charge >= 0.3 is 6.18 Å². The summed E-state index contributed by atoms with van der Waals surface area (Å²) < 4.78 is 57.5. The molecule has 90 valence electrons. The predicted octanol–water partition coefficient (Wildman–Crippen LogP) is 1.12. The van der Waals surface area contributed by atoms with Crippen molar-refractivity contribution in [3.63, 3.8) is 0 Å². The molecule has 0 aromatic heterocycles. The third-order valence-corrected chi connectivity index (χ3v) is 4.33. The third-order valence-electron chi connectivity index (χ3n) is 2.54. The van der Waals surface area contributed by atoms with Crippen molar-refractivity contribution in [2.45, 2.75) is 31.5 Å². The summed E-state index contributed by atoms with van der Waals surface area (Å²) in [6.45, 7) is 0. The van der Waals surface area contributed by atoms with E-state index >= 15 is 0 Å². The summed E-state index contributed by atoms with van der Waals surface area (Å²) in [5, 5.41) is 9.38. The molecule has 0 aliphatic carbocycles. The maximum absolute atomic E-state index is 11.8. The number of hydrogen-bond donors (Lipinski definition) is 1. The smallest absolute Gasteiger partial charge is 0.389 e. The lowest BCUT2D eigenvalue weighted by Crippen LogP contribution is -2.23. The molecule has 1 fully saturated rings. The second kappa shape index (κ2) is 4.29. The fourth-order valence-corrected chi connectivity index (χ4v) is 3.54. The van der Waals surface area contributed by atoms with Crippen LogP contribution in [-0.4, -0.2) is 37.3 Å². The van der Waals surface area contributed by atoms with Crippen molar-refractivity contribution >= 4 is 9.84 Å². The van der Waals surface area contributed by atoms with Crippen molar-refractivity contribution in [1.82, 2.24) is 0 Å². The van der Waals surface area contributed by atoms with Gasteiger partial charge in [0.25, 0.3) is 0 Å². The molecule has 0 radical (unpaired) electrons. The van der Waals surface area contributed by atoms with Crippen LogP contribution >= 0.6 is 0 Å². The van der Waals surface area contributed by atoms with E-state index < -0.39 is 40.9 Å². The number of sulfone groups is 1. The van der Waals surface area contributed by atoms with Gasteiger partial charge in [-0.05, 0) is 18.8 Å². The van der Waals surface area contributed by atoms with Gasteiger partial charge in [0.05, 0.1) is 17.6 Å². The lowest BCUT2D eigenvalue weighted by molar-refractivity contribution is -0.141. The zero-order valence-corrected chi connectivity index (χ0v) is 8.81. The molecule has 15 heavy (non-hydrogen) atoms. The minimum atomic E-state index is -4.29. The lowest BCUT2D eigenvalue weighted by Gasteiger charge is -2.17. The highest BCUT2D eigenvalue weighted by molar-refractivity contribution is 7.91. The summed E-state index contributed by atoms with van der Waals surface area (Å²) in [5.41, 5.74) is 0. The molecule has 0 saturated carbocycles. The molecule has 1 N–H and O–H groups in total. The van der Waals surface area contributed by atoms with Gasteiger partial charge in [0.2, 0.25) is 0 Å². The van der Waals surface area contributed by atoms with Crippen molar-refractivity contribution in [3.05, 3.63) is 0 Å². The summed E-state index contributed by atoms with van der Waals surface area (Å²) in [6, 6.07) is 0. The Morgan fingerprint density at radius 2 is 2.00 bits per heavy atom. The summed E-state index contributed by atoms with van der Waals surface area (Å²) in [6.07, 6.45) is -6.67. The minimum absolute atomic E-state index is 0.0270. The quantitative estimate of drug-likeness (QED) is 0.812. The predicted molar refractivity (Wildman–Crippen MR) is 48.1 cm³/mol. The molecule has 0 spiro atoms. The Bertz CT molecular complexity index is 310. The molecule has 0 aromatic rings. The molecule has 2 unspecified atom stereocenters. The molecule has 1 aliphatic heterocycles. The van der Waals surface area contributed by atoms with Gasteiger partial charge in [-0.2, -0.15) is 13.2 Å². The molecule has 0 amide bonds. The fourth-order valence-electron chi connectivity index (χ4n) is 1.67. The van der Waals surface area contributed by atoms with Crippen molar-refractivity contribution in [3.8, 4) is 0 Å². The van der Waals surface area contributed by atoms with E-state index in [9.17, 15) is 26.7 Å². The van der Waals surface area contributed by atoms with Crippen molar-refractivity contribution in [1.29, 1.82) is 0 Å². The molecule has 1 rings (SSSR count). The number of aliphatic hydroxyl groups excluding tert-OH is 1. The van der Waals surface area contributed by atoms with Crippen LogP contribution in [0.15, 0.2) is 0 Å². The van der Waals surface area contributed by atoms with Crippen LogP contribution in [0.5, 0.6) is 0 Å². The Hall–Kier alpha value is -0.300. The van der Waals surface area contributed by atoms with E-state index in [1.807, 2.05) is 0 Å². The van der Waals surface area contributed by atoms with Crippen LogP contribution in [-0.2, 0) is 9.84 Å². The van der Waals surface area contributed by atoms with Gasteiger partial charge < -0.3 is 5.11 Å². The zero-order chi connectivity index (χ0) is 11.7. The minimum Gasteiger partial charge on any atom is -0.393 e. The highest BCUT2D eigenvalue weighted by Gasteiger charge is 2.35. The van der Waals surface area contributed by atoms with Gasteiger partial charge in [-0.25, -0.2) is 8.42 Å². The van der Waals surface area contributed by atoms with Crippen LogP contribution in [0.2, 0.25) is 0 Å². The molecule has 0 bridgehead atoms. The first-order chi connectivity index (χ1) is 6.70. The maximum Gasteiger partial charge on any atom is 0.389 e. The van der Waals surface area contributed by atoms with E-state index in [2.05, 4.69) is 0 Å². The van der Waals surface area contributed by atoms with Crippen LogP contribution in [0.25, 0.3) is 0 Å². The van der Waals surface area contributed by atoms with E-state index in [-0.39, 0.29) is 17.9 Å². The normalized spacial score (nSPS) is 27.9. The van der Waals surface area contributed by atoms with Crippen LogP contribution in [0.4, 0.5) is 13.2 Å². The van der Waals surface area contributed by atoms with Gasteiger partial charge in [0.15, 0.2) is 9.84 Å². The number of aliphatic hydroxyl groups is 1. The molecule has 1 aliphatic rings. The maximum atomic E-state index is 11.8. The first-order valence-corrected chi connectivity index (χ1v) is 6.47. The molecular formula is C8H13F3O3S. The Labute approximate surface area is 86.2 Å². The Kier molecular flexibility index (Phi) is 3.65. The Morgan fingerprint density at radius 3 is 2.40 bits per heavy atom. The molecule has 3 nitrogen and oxygen atoms in total. The monoisotopic (exact) mass is 246 g/mol. The lowest BCUT2D eigenvalue weighted by atomic mass is 9.98. The second-order valence-corrected chi connectivity index (χ2v) is 6.11. The Morgan fingerprint density at radius 1 is 1.40 bits per heavy atom. The first kappa shape index (κ1) is 12.8. The fraction of sp³-hybridized carbons (Fsp3) is 1.00. The first-order valence-electron chi connectivity index (χ1n) is 4.65. The number of alkyl halides is 3. The third kappa shape index (κ3) is 4.38. The molecular weight excluding hydrogens is 233 g/mol. The zero-order valence-electron chi connectivity index (χ0n) is 8.00. The summed E-state index contributed by atoms with van der Waals surface area (Å²) in [4.78, 5) is 0. The highest BCUT2D eigenvalue weighted by Crippen LogP contribution is 2.28. The average Bonchev–Trinajstić information content (AvgIpc) is 2.40.